The molecule has 0 amide bonds. The molecule has 0 saturated heterocycles. The number of aromatic nitrogens is 6. The molecule has 0 radical (unpaired) electrons. The Bertz CT molecular complexity index is 1430. The van der Waals surface area contributed by atoms with Crippen molar-refractivity contribution in [3.05, 3.63) is 84.4 Å². The van der Waals surface area contributed by atoms with E-state index in [1.54, 1.807) is 36.7 Å². The highest BCUT2D eigenvalue weighted by Gasteiger charge is 2.31. The molecule has 0 atom stereocenters. The molecule has 0 aliphatic carbocycles. The van der Waals surface area contributed by atoms with Crippen LogP contribution < -0.4 is 0 Å². The maximum Gasteiger partial charge on any atom is 0.416 e. The lowest BCUT2D eigenvalue weighted by molar-refractivity contribution is -0.137. The Morgan fingerprint density at radius 2 is 1.67 bits per heavy atom. The van der Waals surface area contributed by atoms with E-state index in [1.165, 1.54) is 28.9 Å². The third-order valence-corrected chi connectivity index (χ3v) is 4.78. The van der Waals surface area contributed by atoms with Crippen molar-refractivity contribution in [2.24, 2.45) is 0 Å². The summed E-state index contributed by atoms with van der Waals surface area (Å²) in [5.74, 6) is -0.673. The van der Waals surface area contributed by atoms with Crippen LogP contribution in [0, 0.1) is 5.82 Å². The first kappa shape index (κ1) is 20.5. The van der Waals surface area contributed by atoms with Crippen LogP contribution in [0.4, 0.5) is 17.6 Å². The Morgan fingerprint density at radius 1 is 0.879 bits per heavy atom. The molecule has 5 aromatic rings. The molecule has 0 unspecified atom stereocenters. The molecule has 3 aromatic heterocycles. The van der Waals surface area contributed by atoms with Crippen LogP contribution in [0.1, 0.15) is 5.56 Å². The third kappa shape index (κ3) is 3.84. The lowest BCUT2D eigenvalue weighted by Gasteiger charge is -2.08. The molecule has 0 fully saturated rings. The van der Waals surface area contributed by atoms with Gasteiger partial charge in [-0.05, 0) is 36.4 Å². The van der Waals surface area contributed by atoms with Crippen molar-refractivity contribution < 1.29 is 22.1 Å². The molecule has 7 nitrogen and oxygen atoms in total. The van der Waals surface area contributed by atoms with Gasteiger partial charge in [-0.15, -0.1) is 5.10 Å². The molecule has 11 heteroatoms. The van der Waals surface area contributed by atoms with Crippen molar-refractivity contribution in [3.63, 3.8) is 0 Å². The van der Waals surface area contributed by atoms with Crippen LogP contribution in [-0.4, -0.2) is 30.1 Å². The summed E-state index contributed by atoms with van der Waals surface area (Å²) in [6.45, 7) is 0. The van der Waals surface area contributed by atoms with E-state index in [9.17, 15) is 17.6 Å². The molecule has 0 saturated carbocycles. The Labute approximate surface area is 183 Å². The zero-order valence-corrected chi connectivity index (χ0v) is 16.5. The second-order valence-electron chi connectivity index (χ2n) is 6.89. The first-order chi connectivity index (χ1) is 15.9. The average molecular weight is 452 g/mol. The number of hydrogen-bond acceptors (Lipinski definition) is 6. The number of rotatable bonds is 4. The van der Waals surface area contributed by atoms with E-state index in [-0.39, 0.29) is 28.7 Å². The molecule has 0 spiro atoms. The van der Waals surface area contributed by atoms with Gasteiger partial charge in [0.1, 0.15) is 17.2 Å². The first-order valence-electron chi connectivity index (χ1n) is 9.54. The topological polar surface area (TPSA) is 82.5 Å². The highest BCUT2D eigenvalue weighted by molar-refractivity contribution is 5.76. The van der Waals surface area contributed by atoms with Crippen LogP contribution in [0.25, 0.3) is 39.9 Å². The molecule has 3 heterocycles. The van der Waals surface area contributed by atoms with E-state index in [0.717, 1.165) is 12.1 Å². The predicted molar refractivity (Wildman–Crippen MR) is 108 cm³/mol. The van der Waals surface area contributed by atoms with E-state index >= 15 is 0 Å². The highest BCUT2D eigenvalue weighted by Crippen LogP contribution is 2.34. The van der Waals surface area contributed by atoms with Crippen molar-refractivity contribution in [1.82, 2.24) is 30.1 Å². The van der Waals surface area contributed by atoms with Crippen molar-refractivity contribution >= 4 is 0 Å². The minimum absolute atomic E-state index is 0.0581. The van der Waals surface area contributed by atoms with Crippen molar-refractivity contribution in [1.29, 1.82) is 0 Å². The quantitative estimate of drug-likeness (QED) is 0.349. The summed E-state index contributed by atoms with van der Waals surface area (Å²) in [5.41, 5.74) is 0.491. The molecule has 2 aromatic carbocycles. The van der Waals surface area contributed by atoms with Crippen LogP contribution in [0.15, 0.2) is 77.6 Å². The highest BCUT2D eigenvalue weighted by atomic mass is 19.4. The van der Waals surface area contributed by atoms with Gasteiger partial charge in [-0.25, -0.2) is 9.07 Å². The molecular weight excluding hydrogens is 440 g/mol. The summed E-state index contributed by atoms with van der Waals surface area (Å²) >= 11 is 0. The number of halogens is 4. The molecule has 164 valence electrons. The molecule has 0 aliphatic heterocycles. The van der Waals surface area contributed by atoms with Gasteiger partial charge in [0.05, 0.1) is 5.56 Å². The number of hydrogen-bond donors (Lipinski definition) is 0. The molecule has 5 rings (SSSR count). The van der Waals surface area contributed by atoms with E-state index in [0.29, 0.717) is 11.3 Å². The Hall–Kier alpha value is -4.41. The summed E-state index contributed by atoms with van der Waals surface area (Å²) in [5, 5.41) is 12.0. The molecule has 33 heavy (non-hydrogen) atoms. The zero-order valence-electron chi connectivity index (χ0n) is 16.5. The lowest BCUT2D eigenvalue weighted by Crippen LogP contribution is -2.04. The van der Waals surface area contributed by atoms with Gasteiger partial charge in [0.2, 0.25) is 5.82 Å². The second-order valence-corrected chi connectivity index (χ2v) is 6.89. The molecule has 0 bridgehead atoms. The van der Waals surface area contributed by atoms with Gasteiger partial charge < -0.3 is 4.52 Å². The summed E-state index contributed by atoms with van der Waals surface area (Å²) in [6.07, 6.45) is -1.43. The number of benzene rings is 2. The SMILES string of the molecule is Fc1ccccc1-n1nnc(-c2nc(-c3cccc(C(F)(F)F)c3)no2)c1-c1ccncc1. The van der Waals surface area contributed by atoms with Crippen LogP contribution in [0.5, 0.6) is 0 Å². The summed E-state index contributed by atoms with van der Waals surface area (Å²) in [6, 6.07) is 13.9. The minimum atomic E-state index is -4.51. The van der Waals surface area contributed by atoms with E-state index in [1.807, 2.05) is 0 Å². The van der Waals surface area contributed by atoms with Gasteiger partial charge in [-0.2, -0.15) is 18.2 Å². The van der Waals surface area contributed by atoms with Crippen LogP contribution in [-0.2, 0) is 6.18 Å². The Balaban J connectivity index is 1.63. The van der Waals surface area contributed by atoms with Gasteiger partial charge in [0.25, 0.3) is 5.89 Å². The Morgan fingerprint density at radius 3 is 2.42 bits per heavy atom. The van der Waals surface area contributed by atoms with Gasteiger partial charge in [0.15, 0.2) is 5.69 Å². The monoisotopic (exact) mass is 452 g/mol. The maximum atomic E-state index is 14.5. The molecular formula is C22H12F4N6O. The van der Waals surface area contributed by atoms with Crippen molar-refractivity contribution in [2.75, 3.05) is 0 Å². The van der Waals surface area contributed by atoms with Gasteiger partial charge in [-0.3, -0.25) is 4.98 Å². The standard InChI is InChI=1S/C22H12F4N6O/c23-16-6-1-2-7-17(16)32-19(13-8-10-27-11-9-13)18(29-31-32)21-28-20(30-33-21)14-4-3-5-15(12-14)22(24,25)26/h1-12H. The average Bonchev–Trinajstić information content (AvgIpc) is 3.47. The Kier molecular flexibility index (Phi) is 4.93. The number of pyridine rings is 1. The normalized spacial score (nSPS) is 11.6. The fourth-order valence-corrected chi connectivity index (χ4v) is 3.26. The van der Waals surface area contributed by atoms with Crippen molar-refractivity contribution in [3.8, 4) is 39.9 Å². The smallest absolute Gasteiger partial charge is 0.332 e. The molecule has 0 N–H and O–H groups in total. The van der Waals surface area contributed by atoms with E-state index in [4.69, 9.17) is 4.52 Å². The summed E-state index contributed by atoms with van der Waals surface area (Å²) in [7, 11) is 0. The molecule has 0 aliphatic rings. The predicted octanol–water partition coefficient (Wildman–Crippen LogP) is 5.20. The fourth-order valence-electron chi connectivity index (χ4n) is 3.26. The summed E-state index contributed by atoms with van der Waals surface area (Å²) < 4.78 is 60.3. The second kappa shape index (κ2) is 7.93. The van der Waals surface area contributed by atoms with Crippen molar-refractivity contribution in [2.45, 2.75) is 6.18 Å². The van der Waals surface area contributed by atoms with Crippen LogP contribution >= 0.6 is 0 Å². The van der Waals surface area contributed by atoms with Gasteiger partial charge in [0, 0.05) is 23.5 Å². The number of para-hydroxylation sites is 1. The van der Waals surface area contributed by atoms with Gasteiger partial charge >= 0.3 is 6.18 Å². The number of nitrogens with zero attached hydrogens (tertiary/aromatic N) is 6. The lowest BCUT2D eigenvalue weighted by atomic mass is 10.1. The van der Waals surface area contributed by atoms with Gasteiger partial charge in [-0.1, -0.05) is 34.6 Å². The van der Waals surface area contributed by atoms with Crippen LogP contribution in [0.2, 0.25) is 0 Å². The third-order valence-electron chi connectivity index (χ3n) is 4.78. The van der Waals surface area contributed by atoms with Crippen LogP contribution in [0.3, 0.4) is 0 Å². The maximum absolute atomic E-state index is 14.5. The minimum Gasteiger partial charge on any atom is -0.332 e. The first-order valence-corrected chi connectivity index (χ1v) is 9.54. The van der Waals surface area contributed by atoms with E-state index in [2.05, 4.69) is 25.4 Å². The zero-order chi connectivity index (χ0) is 23.0. The largest absolute Gasteiger partial charge is 0.416 e. The summed E-state index contributed by atoms with van der Waals surface area (Å²) in [4.78, 5) is 8.20. The van der Waals surface area contributed by atoms with E-state index < -0.39 is 17.6 Å². The number of alkyl halides is 3. The fraction of sp³-hybridized carbons (Fsp3) is 0.0455.